The van der Waals surface area contributed by atoms with Gasteiger partial charge in [0, 0.05) is 19.1 Å². The number of nitrogens with zero attached hydrogens (tertiary/aromatic N) is 4. The van der Waals surface area contributed by atoms with Gasteiger partial charge in [0.2, 0.25) is 0 Å². The van der Waals surface area contributed by atoms with Crippen molar-refractivity contribution < 1.29 is 0 Å². The minimum Gasteiger partial charge on any atom is -0.296 e. The summed E-state index contributed by atoms with van der Waals surface area (Å²) in [5, 5.41) is 4.27. The van der Waals surface area contributed by atoms with E-state index in [1.54, 1.807) is 17.5 Å². The fraction of sp³-hybridized carbons (Fsp3) is 0.556. The number of benzene rings is 1. The fourth-order valence-electron chi connectivity index (χ4n) is 4.23. The van der Waals surface area contributed by atoms with Crippen molar-refractivity contribution >= 4 is 0 Å². The molecule has 1 aliphatic heterocycles. The molecule has 2 heterocycles. The van der Waals surface area contributed by atoms with Crippen LogP contribution in [0.1, 0.15) is 42.9 Å². The maximum Gasteiger partial charge on any atom is 0.137 e. The van der Waals surface area contributed by atoms with E-state index in [0.717, 1.165) is 6.54 Å². The standard InChI is InChI=1S/C18H24N4/c1-2-8-17-16(6-1)7-3-9-18(17)21-10-4-5-15(11-21)12-22-14-19-13-20-22/h1-2,6,8,13-15,18H,3-5,7,9-12H2/t15-,18-/m0/s1. The number of aromatic nitrogens is 3. The largest absolute Gasteiger partial charge is 0.296 e. The maximum atomic E-state index is 4.27. The van der Waals surface area contributed by atoms with E-state index < -0.39 is 0 Å². The summed E-state index contributed by atoms with van der Waals surface area (Å²) >= 11 is 0. The van der Waals surface area contributed by atoms with E-state index in [2.05, 4.69) is 39.2 Å². The Morgan fingerprint density at radius 2 is 2.09 bits per heavy atom. The van der Waals surface area contributed by atoms with Gasteiger partial charge in [-0.2, -0.15) is 5.10 Å². The zero-order valence-electron chi connectivity index (χ0n) is 13.1. The van der Waals surface area contributed by atoms with Crippen molar-refractivity contribution in [2.24, 2.45) is 5.92 Å². The van der Waals surface area contributed by atoms with Crippen LogP contribution < -0.4 is 0 Å². The van der Waals surface area contributed by atoms with Crippen LogP contribution in [0.3, 0.4) is 0 Å². The van der Waals surface area contributed by atoms with Gasteiger partial charge in [-0.25, -0.2) is 4.98 Å². The van der Waals surface area contributed by atoms with Crippen LogP contribution in [0.15, 0.2) is 36.9 Å². The van der Waals surface area contributed by atoms with E-state index >= 15 is 0 Å². The summed E-state index contributed by atoms with van der Waals surface area (Å²) in [7, 11) is 0. The van der Waals surface area contributed by atoms with Gasteiger partial charge in [-0.1, -0.05) is 24.3 Å². The van der Waals surface area contributed by atoms with Crippen molar-refractivity contribution in [2.45, 2.75) is 44.7 Å². The Bertz CT molecular complexity index is 607. The molecule has 1 saturated heterocycles. The highest BCUT2D eigenvalue weighted by molar-refractivity contribution is 5.32. The number of hydrogen-bond donors (Lipinski definition) is 0. The van der Waals surface area contributed by atoms with Crippen LogP contribution in [0.5, 0.6) is 0 Å². The smallest absolute Gasteiger partial charge is 0.137 e. The predicted molar refractivity (Wildman–Crippen MR) is 86.4 cm³/mol. The molecular weight excluding hydrogens is 272 g/mol. The van der Waals surface area contributed by atoms with Gasteiger partial charge >= 0.3 is 0 Å². The Labute approximate surface area is 132 Å². The van der Waals surface area contributed by atoms with Crippen molar-refractivity contribution in [1.82, 2.24) is 19.7 Å². The molecule has 1 aromatic carbocycles. The van der Waals surface area contributed by atoms with Crippen LogP contribution >= 0.6 is 0 Å². The van der Waals surface area contributed by atoms with Crippen LogP contribution in [-0.4, -0.2) is 32.8 Å². The van der Waals surface area contributed by atoms with Crippen LogP contribution in [0.25, 0.3) is 0 Å². The maximum absolute atomic E-state index is 4.27. The molecule has 0 saturated carbocycles. The minimum absolute atomic E-state index is 0.628. The summed E-state index contributed by atoms with van der Waals surface area (Å²) in [6, 6.07) is 9.68. The van der Waals surface area contributed by atoms with Crippen LogP contribution in [0.2, 0.25) is 0 Å². The normalized spacial score (nSPS) is 25.8. The number of aryl methyl sites for hydroxylation is 1. The first-order chi connectivity index (χ1) is 10.9. The fourth-order valence-corrected chi connectivity index (χ4v) is 4.23. The van der Waals surface area contributed by atoms with Gasteiger partial charge in [0.05, 0.1) is 0 Å². The number of likely N-dealkylation sites (tertiary alicyclic amines) is 1. The third-order valence-corrected chi connectivity index (χ3v) is 5.24. The summed E-state index contributed by atoms with van der Waals surface area (Å²) in [6.45, 7) is 3.44. The van der Waals surface area contributed by atoms with Crippen molar-refractivity contribution in [3.63, 3.8) is 0 Å². The highest BCUT2D eigenvalue weighted by atomic mass is 15.3. The van der Waals surface area contributed by atoms with E-state index in [0.29, 0.717) is 12.0 Å². The second-order valence-electron chi connectivity index (χ2n) is 6.73. The summed E-state index contributed by atoms with van der Waals surface area (Å²) < 4.78 is 1.99. The average Bonchev–Trinajstić information content (AvgIpc) is 3.07. The molecule has 0 amide bonds. The van der Waals surface area contributed by atoms with E-state index in [1.807, 2.05) is 11.0 Å². The van der Waals surface area contributed by atoms with Gasteiger partial charge in [0.15, 0.2) is 0 Å². The van der Waals surface area contributed by atoms with Gasteiger partial charge in [0.25, 0.3) is 0 Å². The van der Waals surface area contributed by atoms with Crippen LogP contribution in [0, 0.1) is 5.92 Å². The third kappa shape index (κ3) is 2.80. The van der Waals surface area contributed by atoms with Gasteiger partial charge in [0.1, 0.15) is 12.7 Å². The predicted octanol–water partition coefficient (Wildman–Crippen LogP) is 3.07. The minimum atomic E-state index is 0.628. The van der Waals surface area contributed by atoms with Gasteiger partial charge in [-0.15, -0.1) is 0 Å². The Morgan fingerprint density at radius 3 is 3.00 bits per heavy atom. The van der Waals surface area contributed by atoms with E-state index in [4.69, 9.17) is 0 Å². The summed E-state index contributed by atoms with van der Waals surface area (Å²) in [5.41, 5.74) is 3.15. The number of hydrogen-bond acceptors (Lipinski definition) is 3. The Kier molecular flexibility index (Phi) is 3.94. The molecule has 4 heteroatoms. The summed E-state index contributed by atoms with van der Waals surface area (Å²) in [6.07, 6.45) is 9.98. The molecule has 1 fully saturated rings. The molecule has 1 aromatic heterocycles. The summed E-state index contributed by atoms with van der Waals surface area (Å²) in [4.78, 5) is 6.79. The molecule has 0 N–H and O–H groups in total. The highest BCUT2D eigenvalue weighted by Gasteiger charge is 2.29. The molecule has 2 aromatic rings. The quantitative estimate of drug-likeness (QED) is 0.873. The highest BCUT2D eigenvalue weighted by Crippen LogP contribution is 2.36. The molecule has 4 rings (SSSR count). The zero-order valence-corrected chi connectivity index (χ0v) is 13.1. The van der Waals surface area contributed by atoms with E-state index in [9.17, 15) is 0 Å². The lowest BCUT2D eigenvalue weighted by molar-refractivity contribution is 0.103. The average molecular weight is 296 g/mol. The van der Waals surface area contributed by atoms with E-state index in [-0.39, 0.29) is 0 Å². The molecular formula is C18H24N4. The molecule has 0 bridgehead atoms. The van der Waals surface area contributed by atoms with Crippen LogP contribution in [0.4, 0.5) is 0 Å². The Balaban J connectivity index is 1.48. The molecule has 116 valence electrons. The third-order valence-electron chi connectivity index (χ3n) is 5.24. The lowest BCUT2D eigenvalue weighted by Gasteiger charge is -2.41. The van der Waals surface area contributed by atoms with Gasteiger partial charge in [-0.05, 0) is 55.7 Å². The van der Waals surface area contributed by atoms with Crippen molar-refractivity contribution in [3.05, 3.63) is 48.0 Å². The molecule has 0 spiro atoms. The van der Waals surface area contributed by atoms with Crippen molar-refractivity contribution in [2.75, 3.05) is 13.1 Å². The Hall–Kier alpha value is -1.68. The molecule has 0 radical (unpaired) electrons. The topological polar surface area (TPSA) is 34.0 Å². The molecule has 2 aliphatic rings. The second kappa shape index (κ2) is 6.21. The molecule has 22 heavy (non-hydrogen) atoms. The lowest BCUT2D eigenvalue weighted by atomic mass is 9.85. The first kappa shape index (κ1) is 13.9. The molecule has 1 aliphatic carbocycles. The van der Waals surface area contributed by atoms with E-state index in [1.165, 1.54) is 45.2 Å². The molecule has 2 atom stereocenters. The monoisotopic (exact) mass is 296 g/mol. The first-order valence-corrected chi connectivity index (χ1v) is 8.54. The second-order valence-corrected chi connectivity index (χ2v) is 6.73. The van der Waals surface area contributed by atoms with Gasteiger partial charge in [-0.3, -0.25) is 9.58 Å². The van der Waals surface area contributed by atoms with Gasteiger partial charge < -0.3 is 0 Å². The van der Waals surface area contributed by atoms with Crippen molar-refractivity contribution in [3.8, 4) is 0 Å². The number of fused-ring (bicyclic) bond motifs is 1. The number of rotatable bonds is 3. The number of piperidine rings is 1. The SMILES string of the molecule is c1ccc2c(c1)CCC[C@@H]2N1CCC[C@H](Cn2cncn2)C1. The Morgan fingerprint density at radius 1 is 1.14 bits per heavy atom. The molecule has 0 unspecified atom stereocenters. The zero-order chi connectivity index (χ0) is 14.8. The van der Waals surface area contributed by atoms with Crippen LogP contribution in [-0.2, 0) is 13.0 Å². The lowest BCUT2D eigenvalue weighted by Crippen LogP contribution is -2.40. The molecule has 4 nitrogen and oxygen atoms in total. The van der Waals surface area contributed by atoms with Crippen molar-refractivity contribution in [1.29, 1.82) is 0 Å². The summed E-state index contributed by atoms with van der Waals surface area (Å²) in [5.74, 6) is 0.699. The first-order valence-electron chi connectivity index (χ1n) is 8.54.